The molecule has 2 heterocycles. The number of aromatic nitrogens is 2. The smallest absolute Gasteiger partial charge is 0.167 e. The molecule has 2 N–H and O–H groups in total. The minimum atomic E-state index is 0.458. The van der Waals surface area contributed by atoms with Crippen molar-refractivity contribution in [2.24, 2.45) is 4.99 Å². The number of anilines is 1. The van der Waals surface area contributed by atoms with Crippen LogP contribution in [0.5, 0.6) is 11.5 Å². The fourth-order valence-corrected chi connectivity index (χ4v) is 2.32. The number of benzene rings is 2. The van der Waals surface area contributed by atoms with Gasteiger partial charge in [-0.1, -0.05) is 18.2 Å². The second-order valence-corrected chi connectivity index (χ2v) is 4.86. The second kappa shape index (κ2) is 4.96. The SMILES string of the molecule is Nc1ncnc2c1C(c1ccc(Oc3ccccc3)cc1)=N2. The molecule has 22 heavy (non-hydrogen) atoms. The Kier molecular flexibility index (Phi) is 2.83. The highest BCUT2D eigenvalue weighted by Crippen LogP contribution is 2.34. The van der Waals surface area contributed by atoms with Gasteiger partial charge in [0.25, 0.3) is 0 Å². The molecule has 4 rings (SSSR count). The second-order valence-electron chi connectivity index (χ2n) is 4.86. The highest BCUT2D eigenvalue weighted by Gasteiger charge is 2.25. The van der Waals surface area contributed by atoms with E-state index in [0.717, 1.165) is 28.3 Å². The molecule has 3 aromatic rings. The lowest BCUT2D eigenvalue weighted by Gasteiger charge is -2.18. The number of ether oxygens (including phenoxy) is 1. The first-order valence-corrected chi connectivity index (χ1v) is 6.84. The predicted molar refractivity (Wildman–Crippen MR) is 84.7 cm³/mol. The molecule has 0 bridgehead atoms. The summed E-state index contributed by atoms with van der Waals surface area (Å²) in [6.45, 7) is 0. The highest BCUT2D eigenvalue weighted by atomic mass is 16.5. The number of rotatable bonds is 3. The predicted octanol–water partition coefficient (Wildman–Crippen LogP) is 3.33. The van der Waals surface area contributed by atoms with Gasteiger partial charge in [0.15, 0.2) is 5.82 Å². The molecule has 0 amide bonds. The number of hydrogen-bond acceptors (Lipinski definition) is 5. The standard InChI is InChI=1S/C17H12N4O/c18-16-14-15(21-17(14)20-10-19-16)11-6-8-13(9-7-11)22-12-4-2-1-3-5-12/h1-10H,(H2,18,19,20,21). The molecule has 1 aromatic heterocycles. The molecule has 1 aliphatic rings. The summed E-state index contributed by atoms with van der Waals surface area (Å²) >= 11 is 0. The molecule has 2 aromatic carbocycles. The zero-order chi connectivity index (χ0) is 14.9. The van der Waals surface area contributed by atoms with Gasteiger partial charge in [0.05, 0.1) is 11.3 Å². The molecule has 0 radical (unpaired) electrons. The van der Waals surface area contributed by atoms with Gasteiger partial charge in [0.2, 0.25) is 0 Å². The lowest BCUT2D eigenvalue weighted by molar-refractivity contribution is 0.482. The summed E-state index contributed by atoms with van der Waals surface area (Å²) in [6, 6.07) is 17.4. The van der Waals surface area contributed by atoms with Crippen LogP contribution in [0.4, 0.5) is 11.6 Å². The number of para-hydroxylation sites is 1. The molecule has 0 unspecified atom stereocenters. The third-order valence-electron chi connectivity index (χ3n) is 3.42. The first kappa shape index (κ1) is 12.5. The maximum Gasteiger partial charge on any atom is 0.167 e. The lowest BCUT2D eigenvalue weighted by atomic mass is 9.99. The highest BCUT2D eigenvalue weighted by molar-refractivity contribution is 6.23. The Hall–Kier alpha value is -3.21. The molecular weight excluding hydrogens is 276 g/mol. The summed E-state index contributed by atoms with van der Waals surface area (Å²) in [5.41, 5.74) is 8.48. The Morgan fingerprint density at radius 1 is 0.818 bits per heavy atom. The van der Waals surface area contributed by atoms with Crippen LogP contribution in [0.2, 0.25) is 0 Å². The van der Waals surface area contributed by atoms with Crippen molar-refractivity contribution in [1.29, 1.82) is 0 Å². The third kappa shape index (κ3) is 2.09. The molecule has 0 saturated carbocycles. The first-order valence-electron chi connectivity index (χ1n) is 6.84. The van der Waals surface area contributed by atoms with E-state index in [0.29, 0.717) is 11.6 Å². The molecule has 0 saturated heterocycles. The van der Waals surface area contributed by atoms with Crippen LogP contribution >= 0.6 is 0 Å². The lowest BCUT2D eigenvalue weighted by Crippen LogP contribution is -2.16. The van der Waals surface area contributed by atoms with Gasteiger partial charge < -0.3 is 10.5 Å². The Morgan fingerprint density at radius 2 is 1.55 bits per heavy atom. The van der Waals surface area contributed by atoms with E-state index in [-0.39, 0.29) is 0 Å². The number of nitrogen functional groups attached to an aromatic ring is 1. The van der Waals surface area contributed by atoms with Crippen LogP contribution in [0.15, 0.2) is 65.9 Å². The van der Waals surface area contributed by atoms with Crippen molar-refractivity contribution < 1.29 is 4.74 Å². The van der Waals surface area contributed by atoms with E-state index < -0.39 is 0 Å². The van der Waals surface area contributed by atoms with Crippen LogP contribution in [-0.2, 0) is 0 Å². The van der Waals surface area contributed by atoms with E-state index in [2.05, 4.69) is 15.0 Å². The summed E-state index contributed by atoms with van der Waals surface area (Å²) in [5, 5.41) is 0. The van der Waals surface area contributed by atoms with Crippen molar-refractivity contribution in [3.8, 4) is 11.5 Å². The summed E-state index contributed by atoms with van der Waals surface area (Å²) in [5.74, 6) is 2.68. The minimum Gasteiger partial charge on any atom is -0.457 e. The van der Waals surface area contributed by atoms with Crippen molar-refractivity contribution in [3.05, 3.63) is 72.1 Å². The quantitative estimate of drug-likeness (QED) is 0.627. The van der Waals surface area contributed by atoms with Gasteiger partial charge in [-0.3, -0.25) is 0 Å². The summed E-state index contributed by atoms with van der Waals surface area (Å²) in [7, 11) is 0. The first-order chi connectivity index (χ1) is 10.8. The molecule has 0 aliphatic carbocycles. The molecule has 0 fully saturated rings. The summed E-state index contributed by atoms with van der Waals surface area (Å²) < 4.78 is 5.77. The van der Waals surface area contributed by atoms with Crippen molar-refractivity contribution in [2.75, 3.05) is 5.73 Å². The Labute approximate surface area is 127 Å². The van der Waals surface area contributed by atoms with Crippen molar-refractivity contribution >= 4 is 17.3 Å². The molecule has 5 heteroatoms. The van der Waals surface area contributed by atoms with E-state index in [1.807, 2.05) is 54.6 Å². The van der Waals surface area contributed by atoms with Crippen molar-refractivity contribution in [2.45, 2.75) is 0 Å². The van der Waals surface area contributed by atoms with Gasteiger partial charge in [-0.25, -0.2) is 15.0 Å². The van der Waals surface area contributed by atoms with Crippen LogP contribution in [0.1, 0.15) is 11.1 Å². The van der Waals surface area contributed by atoms with Gasteiger partial charge in [0.1, 0.15) is 23.6 Å². The van der Waals surface area contributed by atoms with Gasteiger partial charge in [-0.05, 0) is 36.4 Å². The summed E-state index contributed by atoms with van der Waals surface area (Å²) in [4.78, 5) is 12.4. The van der Waals surface area contributed by atoms with Crippen LogP contribution < -0.4 is 10.5 Å². The van der Waals surface area contributed by atoms with Gasteiger partial charge in [-0.2, -0.15) is 0 Å². The topological polar surface area (TPSA) is 73.4 Å². The third-order valence-corrected chi connectivity index (χ3v) is 3.42. The average molecular weight is 288 g/mol. The zero-order valence-electron chi connectivity index (χ0n) is 11.6. The zero-order valence-corrected chi connectivity index (χ0v) is 11.6. The number of nitrogens with two attached hydrogens (primary N) is 1. The molecule has 0 atom stereocenters. The fourth-order valence-electron chi connectivity index (χ4n) is 2.32. The maximum atomic E-state index is 5.88. The van der Waals surface area contributed by atoms with E-state index >= 15 is 0 Å². The Balaban J connectivity index is 1.58. The minimum absolute atomic E-state index is 0.458. The number of fused-ring (bicyclic) bond motifs is 1. The van der Waals surface area contributed by atoms with E-state index in [9.17, 15) is 0 Å². The van der Waals surface area contributed by atoms with Crippen molar-refractivity contribution in [1.82, 2.24) is 9.97 Å². The molecule has 106 valence electrons. The van der Waals surface area contributed by atoms with Crippen molar-refractivity contribution in [3.63, 3.8) is 0 Å². The number of aliphatic imine (C=N–C) groups is 1. The van der Waals surface area contributed by atoms with Crippen LogP contribution in [0, 0.1) is 0 Å². The van der Waals surface area contributed by atoms with E-state index in [1.165, 1.54) is 6.33 Å². The number of hydrogen-bond donors (Lipinski definition) is 1. The Bertz CT molecular complexity index is 858. The summed E-state index contributed by atoms with van der Waals surface area (Å²) in [6.07, 6.45) is 1.42. The van der Waals surface area contributed by atoms with E-state index in [4.69, 9.17) is 10.5 Å². The normalized spacial score (nSPS) is 12.1. The Morgan fingerprint density at radius 3 is 2.27 bits per heavy atom. The molecule has 1 aliphatic heterocycles. The maximum absolute atomic E-state index is 5.88. The van der Waals surface area contributed by atoms with Gasteiger partial charge in [-0.15, -0.1) is 0 Å². The van der Waals surface area contributed by atoms with Crippen LogP contribution in [-0.4, -0.2) is 15.7 Å². The monoisotopic (exact) mass is 288 g/mol. The van der Waals surface area contributed by atoms with Crippen LogP contribution in [0.3, 0.4) is 0 Å². The van der Waals surface area contributed by atoms with Crippen LogP contribution in [0.25, 0.3) is 0 Å². The molecule has 5 nitrogen and oxygen atoms in total. The molecular formula is C17H12N4O. The molecule has 0 spiro atoms. The van der Waals surface area contributed by atoms with Gasteiger partial charge in [0, 0.05) is 5.56 Å². The average Bonchev–Trinajstić information content (AvgIpc) is 2.51. The largest absolute Gasteiger partial charge is 0.457 e. The number of nitrogens with zero attached hydrogens (tertiary/aromatic N) is 3. The van der Waals surface area contributed by atoms with E-state index in [1.54, 1.807) is 0 Å². The fraction of sp³-hybridized carbons (Fsp3) is 0. The van der Waals surface area contributed by atoms with Gasteiger partial charge >= 0.3 is 0 Å².